The number of aryl methyl sites for hydroxylation is 1. The van der Waals surface area contributed by atoms with Crippen LogP contribution >= 0.6 is 0 Å². The number of hydrogen-bond donors (Lipinski definition) is 1. The molecule has 4 atom stereocenters. The molecule has 1 aliphatic heterocycles. The molecule has 2 heterocycles. The number of carbonyl (C=O) groups excluding carboxylic acids is 3. The minimum Gasteiger partial charge on any atom is -0.493 e. The van der Waals surface area contributed by atoms with Crippen molar-refractivity contribution in [1.82, 2.24) is 10.3 Å². The summed E-state index contributed by atoms with van der Waals surface area (Å²) in [7, 11) is 1.40. The standard InChI is InChI=1S/C30H40N2O9/c1-18(2)16-37-25-9-7-8-23(30(35)40-20(4)27(25)41-22-12-10-19(3)11-13-22)32-29(34)26-28(39-17-38-21(5)33)24(36-6)14-15-31-26/h10-15,18,20,23,25,27H,7-9,16-17H2,1-6H3,(H,32,34)/t20-,23-,25-,27-/m0/s1. The third-order valence-electron chi connectivity index (χ3n) is 6.41. The molecule has 0 radical (unpaired) electrons. The number of methoxy groups -OCH3 is 1. The number of nitrogens with one attached hydrogen (secondary N) is 1. The summed E-state index contributed by atoms with van der Waals surface area (Å²) < 4.78 is 34.0. The summed E-state index contributed by atoms with van der Waals surface area (Å²) >= 11 is 0. The average molecular weight is 573 g/mol. The lowest BCUT2D eigenvalue weighted by Crippen LogP contribution is -2.47. The molecule has 1 fully saturated rings. The van der Waals surface area contributed by atoms with Crippen molar-refractivity contribution in [3.8, 4) is 17.2 Å². The Morgan fingerprint density at radius 1 is 1.15 bits per heavy atom. The van der Waals surface area contributed by atoms with Gasteiger partial charge in [-0.05, 0) is 51.2 Å². The van der Waals surface area contributed by atoms with Crippen molar-refractivity contribution in [2.24, 2.45) is 5.92 Å². The van der Waals surface area contributed by atoms with Crippen molar-refractivity contribution in [2.45, 2.75) is 78.2 Å². The van der Waals surface area contributed by atoms with Gasteiger partial charge in [-0.15, -0.1) is 0 Å². The van der Waals surface area contributed by atoms with Crippen molar-refractivity contribution >= 4 is 17.8 Å². The highest BCUT2D eigenvalue weighted by atomic mass is 16.7. The molecule has 1 N–H and O–H groups in total. The highest BCUT2D eigenvalue weighted by molar-refractivity contribution is 5.98. The van der Waals surface area contributed by atoms with E-state index in [4.69, 9.17) is 28.4 Å². The first-order valence-corrected chi connectivity index (χ1v) is 13.7. The number of pyridine rings is 1. The summed E-state index contributed by atoms with van der Waals surface area (Å²) in [4.78, 5) is 41.9. The maximum absolute atomic E-state index is 13.3. The van der Waals surface area contributed by atoms with E-state index < -0.39 is 42.9 Å². The van der Waals surface area contributed by atoms with Crippen LogP contribution in [0.4, 0.5) is 0 Å². The highest BCUT2D eigenvalue weighted by Crippen LogP contribution is 2.30. The van der Waals surface area contributed by atoms with Gasteiger partial charge < -0.3 is 33.7 Å². The van der Waals surface area contributed by atoms with Crippen LogP contribution in [0.5, 0.6) is 17.2 Å². The molecule has 41 heavy (non-hydrogen) atoms. The molecular formula is C30H40N2O9. The molecule has 1 aliphatic rings. The number of rotatable bonds is 11. The number of esters is 2. The van der Waals surface area contributed by atoms with Gasteiger partial charge in [0.2, 0.25) is 6.79 Å². The number of hydrogen-bond acceptors (Lipinski definition) is 10. The number of nitrogens with zero attached hydrogens (tertiary/aromatic N) is 1. The van der Waals surface area contributed by atoms with Gasteiger partial charge in [-0.3, -0.25) is 9.59 Å². The van der Waals surface area contributed by atoms with Crippen LogP contribution in [0.2, 0.25) is 0 Å². The molecule has 1 aromatic carbocycles. The maximum atomic E-state index is 13.3. The monoisotopic (exact) mass is 572 g/mol. The van der Waals surface area contributed by atoms with Gasteiger partial charge in [-0.2, -0.15) is 0 Å². The summed E-state index contributed by atoms with van der Waals surface area (Å²) in [6, 6.07) is 8.20. The molecule has 1 amide bonds. The quantitative estimate of drug-likeness (QED) is 0.311. The van der Waals surface area contributed by atoms with Crippen LogP contribution in [0, 0.1) is 12.8 Å². The van der Waals surface area contributed by atoms with Crippen molar-refractivity contribution in [3.63, 3.8) is 0 Å². The van der Waals surface area contributed by atoms with E-state index in [-0.39, 0.29) is 23.3 Å². The van der Waals surface area contributed by atoms with Gasteiger partial charge in [0, 0.05) is 25.8 Å². The van der Waals surface area contributed by atoms with E-state index in [1.807, 2.05) is 31.2 Å². The fraction of sp³-hybridized carbons (Fsp3) is 0.533. The van der Waals surface area contributed by atoms with E-state index in [0.717, 1.165) is 5.56 Å². The van der Waals surface area contributed by atoms with Gasteiger partial charge in [0.05, 0.1) is 13.2 Å². The molecule has 0 unspecified atom stereocenters. The van der Waals surface area contributed by atoms with Gasteiger partial charge in [0.25, 0.3) is 5.91 Å². The van der Waals surface area contributed by atoms with Gasteiger partial charge in [0.1, 0.15) is 17.9 Å². The zero-order chi connectivity index (χ0) is 29.9. The van der Waals surface area contributed by atoms with Crippen molar-refractivity contribution in [3.05, 3.63) is 47.8 Å². The Morgan fingerprint density at radius 2 is 1.88 bits per heavy atom. The minimum absolute atomic E-state index is 0.0211. The van der Waals surface area contributed by atoms with Crippen LogP contribution in [0.25, 0.3) is 0 Å². The molecular weight excluding hydrogens is 532 g/mol. The molecule has 3 rings (SSSR count). The number of carbonyl (C=O) groups is 3. The maximum Gasteiger partial charge on any atom is 0.329 e. The van der Waals surface area contributed by atoms with E-state index in [1.54, 1.807) is 6.92 Å². The van der Waals surface area contributed by atoms with E-state index in [2.05, 4.69) is 24.1 Å². The summed E-state index contributed by atoms with van der Waals surface area (Å²) in [5.41, 5.74) is 0.971. The zero-order valence-electron chi connectivity index (χ0n) is 24.5. The van der Waals surface area contributed by atoms with E-state index >= 15 is 0 Å². The normalized spacial score (nSPS) is 21.1. The van der Waals surface area contributed by atoms with Crippen LogP contribution in [-0.4, -0.2) is 67.7 Å². The Morgan fingerprint density at radius 3 is 2.54 bits per heavy atom. The Bertz CT molecular complexity index is 1170. The highest BCUT2D eigenvalue weighted by Gasteiger charge is 2.37. The van der Waals surface area contributed by atoms with Crippen LogP contribution in [0.1, 0.15) is 63.0 Å². The first-order valence-electron chi connectivity index (χ1n) is 13.7. The van der Waals surface area contributed by atoms with Gasteiger partial charge in [-0.25, -0.2) is 9.78 Å². The fourth-order valence-electron chi connectivity index (χ4n) is 4.30. The van der Waals surface area contributed by atoms with Crippen LogP contribution < -0.4 is 19.5 Å². The Hall–Kier alpha value is -3.86. The Kier molecular flexibility index (Phi) is 11.8. The molecule has 0 saturated carbocycles. The summed E-state index contributed by atoms with van der Waals surface area (Å²) in [6.45, 7) is 9.20. The predicted molar refractivity (Wildman–Crippen MR) is 149 cm³/mol. The van der Waals surface area contributed by atoms with E-state index in [9.17, 15) is 14.4 Å². The Labute approximate surface area is 240 Å². The molecule has 0 aliphatic carbocycles. The first kappa shape index (κ1) is 31.7. The predicted octanol–water partition coefficient (Wildman–Crippen LogP) is 4.00. The second-order valence-corrected chi connectivity index (χ2v) is 10.3. The largest absolute Gasteiger partial charge is 0.493 e. The van der Waals surface area contributed by atoms with Crippen molar-refractivity contribution < 1.29 is 42.8 Å². The molecule has 1 saturated heterocycles. The van der Waals surface area contributed by atoms with E-state index in [1.165, 1.54) is 26.3 Å². The number of amides is 1. The zero-order valence-corrected chi connectivity index (χ0v) is 24.5. The fourth-order valence-corrected chi connectivity index (χ4v) is 4.30. The molecule has 0 bridgehead atoms. The number of benzene rings is 1. The smallest absolute Gasteiger partial charge is 0.329 e. The van der Waals surface area contributed by atoms with Gasteiger partial charge in [0.15, 0.2) is 23.3 Å². The lowest BCUT2D eigenvalue weighted by atomic mass is 10.0. The lowest BCUT2D eigenvalue weighted by Gasteiger charge is -2.32. The third-order valence-corrected chi connectivity index (χ3v) is 6.41. The number of aromatic nitrogens is 1. The molecule has 1 aromatic heterocycles. The summed E-state index contributed by atoms with van der Waals surface area (Å²) in [5, 5.41) is 2.73. The van der Waals surface area contributed by atoms with E-state index in [0.29, 0.717) is 37.5 Å². The second-order valence-electron chi connectivity index (χ2n) is 10.3. The number of ether oxygens (including phenoxy) is 6. The molecule has 0 spiro atoms. The van der Waals surface area contributed by atoms with Gasteiger partial charge in [-0.1, -0.05) is 31.5 Å². The lowest BCUT2D eigenvalue weighted by molar-refractivity contribution is -0.159. The Balaban J connectivity index is 1.79. The third kappa shape index (κ3) is 9.34. The molecule has 11 nitrogen and oxygen atoms in total. The number of cyclic esters (lactones) is 1. The van der Waals surface area contributed by atoms with Crippen molar-refractivity contribution in [1.29, 1.82) is 0 Å². The first-order chi connectivity index (χ1) is 19.6. The van der Waals surface area contributed by atoms with Crippen LogP contribution in [0.3, 0.4) is 0 Å². The van der Waals surface area contributed by atoms with Crippen molar-refractivity contribution in [2.75, 3.05) is 20.5 Å². The second kappa shape index (κ2) is 15.2. The minimum atomic E-state index is -0.955. The molecule has 2 aromatic rings. The summed E-state index contributed by atoms with van der Waals surface area (Å²) in [5.74, 6) is -0.678. The summed E-state index contributed by atoms with van der Waals surface area (Å²) in [6.07, 6.45) is 1.27. The van der Waals surface area contributed by atoms with Crippen LogP contribution in [0.15, 0.2) is 36.5 Å². The molecule has 224 valence electrons. The van der Waals surface area contributed by atoms with Crippen LogP contribution in [-0.2, 0) is 23.8 Å². The molecule has 11 heteroatoms. The van der Waals surface area contributed by atoms with Gasteiger partial charge >= 0.3 is 11.9 Å². The topological polar surface area (TPSA) is 132 Å². The average Bonchev–Trinajstić information content (AvgIpc) is 2.97. The SMILES string of the molecule is COc1ccnc(C(=O)N[C@H]2CCC[C@H](OCC(C)C)[C@@H](Oc3ccc(C)cc3)[C@H](C)OC2=O)c1OCOC(C)=O.